The van der Waals surface area contributed by atoms with Crippen LogP contribution in [0.15, 0.2) is 53.6 Å². The number of sulfonamides is 1. The van der Waals surface area contributed by atoms with Crippen LogP contribution in [0, 0.1) is 6.92 Å². The van der Waals surface area contributed by atoms with Gasteiger partial charge < -0.3 is 0 Å². The first-order valence-electron chi connectivity index (χ1n) is 7.81. The first kappa shape index (κ1) is 19.9. The summed E-state index contributed by atoms with van der Waals surface area (Å²) in [4.78, 5) is 12.2. The Labute approximate surface area is 158 Å². The number of aryl methyl sites for hydroxylation is 1. The highest BCUT2D eigenvalue weighted by atomic mass is 35.5. The molecule has 0 aromatic heterocycles. The van der Waals surface area contributed by atoms with E-state index < -0.39 is 22.5 Å². The molecule has 138 valence electrons. The van der Waals surface area contributed by atoms with Gasteiger partial charge >= 0.3 is 0 Å². The highest BCUT2D eigenvalue weighted by Crippen LogP contribution is 2.26. The third kappa shape index (κ3) is 5.31. The molecule has 2 aromatic rings. The van der Waals surface area contributed by atoms with Crippen LogP contribution in [0.3, 0.4) is 0 Å². The van der Waals surface area contributed by atoms with Gasteiger partial charge in [-0.15, -0.1) is 0 Å². The number of halogens is 1. The fraction of sp³-hybridized carbons (Fsp3) is 0.222. The molecular formula is C18H20ClN3O3S. The minimum atomic E-state index is -3.68. The van der Waals surface area contributed by atoms with Crippen molar-refractivity contribution in [2.24, 2.45) is 5.10 Å². The molecule has 0 unspecified atom stereocenters. The number of benzene rings is 2. The number of amides is 1. The number of rotatable bonds is 6. The van der Waals surface area contributed by atoms with Crippen molar-refractivity contribution in [1.82, 2.24) is 5.43 Å². The highest BCUT2D eigenvalue weighted by molar-refractivity contribution is 7.92. The molecule has 0 saturated carbocycles. The van der Waals surface area contributed by atoms with Gasteiger partial charge in [0.1, 0.15) is 6.54 Å². The lowest BCUT2D eigenvalue weighted by Crippen LogP contribution is -2.39. The van der Waals surface area contributed by atoms with Crippen molar-refractivity contribution in [2.75, 3.05) is 17.1 Å². The quantitative estimate of drug-likeness (QED) is 0.605. The molecule has 8 heteroatoms. The van der Waals surface area contributed by atoms with Gasteiger partial charge in [-0.05, 0) is 37.1 Å². The van der Waals surface area contributed by atoms with E-state index in [1.807, 2.05) is 30.3 Å². The van der Waals surface area contributed by atoms with E-state index >= 15 is 0 Å². The summed E-state index contributed by atoms with van der Waals surface area (Å²) in [6, 6.07) is 14.2. The third-order valence-corrected chi connectivity index (χ3v) is 5.03. The van der Waals surface area contributed by atoms with E-state index in [2.05, 4.69) is 10.5 Å². The van der Waals surface area contributed by atoms with Crippen molar-refractivity contribution in [3.05, 3.63) is 64.7 Å². The summed E-state index contributed by atoms with van der Waals surface area (Å²) in [7, 11) is -3.68. The van der Waals surface area contributed by atoms with Crippen LogP contribution < -0.4 is 9.73 Å². The maximum Gasteiger partial charge on any atom is 0.260 e. The Hall–Kier alpha value is -2.38. The molecule has 0 aliphatic rings. The molecule has 0 aliphatic heterocycles. The number of hydrogen-bond donors (Lipinski definition) is 1. The van der Waals surface area contributed by atoms with E-state index in [-0.39, 0.29) is 0 Å². The first-order valence-corrected chi connectivity index (χ1v) is 10.0. The summed E-state index contributed by atoms with van der Waals surface area (Å²) in [5.41, 5.74) is 4.92. The molecule has 0 atom stereocenters. The van der Waals surface area contributed by atoms with Crippen LogP contribution in [0.2, 0.25) is 5.02 Å². The monoisotopic (exact) mass is 393 g/mol. The molecule has 0 spiro atoms. The molecule has 0 saturated heterocycles. The first-order chi connectivity index (χ1) is 12.2. The summed E-state index contributed by atoms with van der Waals surface area (Å²) in [5.74, 6) is -0.551. The van der Waals surface area contributed by atoms with Gasteiger partial charge in [0.15, 0.2) is 0 Å². The Morgan fingerprint density at radius 2 is 1.85 bits per heavy atom. The Balaban J connectivity index is 2.19. The summed E-state index contributed by atoms with van der Waals surface area (Å²) in [5, 5.41) is 4.42. The van der Waals surface area contributed by atoms with E-state index in [4.69, 9.17) is 11.6 Å². The van der Waals surface area contributed by atoms with E-state index in [1.165, 1.54) is 6.07 Å². The molecule has 6 nitrogen and oxygen atoms in total. The van der Waals surface area contributed by atoms with Gasteiger partial charge in [0.05, 0.1) is 17.7 Å². The predicted molar refractivity (Wildman–Crippen MR) is 105 cm³/mol. The third-order valence-electron chi connectivity index (χ3n) is 3.67. The van der Waals surface area contributed by atoms with Crippen molar-refractivity contribution in [3.8, 4) is 0 Å². The van der Waals surface area contributed by atoms with Crippen LogP contribution in [0.1, 0.15) is 18.1 Å². The second-order valence-corrected chi connectivity index (χ2v) is 8.14. The average molecular weight is 394 g/mol. The number of hydrogen-bond acceptors (Lipinski definition) is 4. The zero-order valence-electron chi connectivity index (χ0n) is 14.7. The largest absolute Gasteiger partial charge is 0.271 e. The maximum atomic E-state index is 12.2. The average Bonchev–Trinajstić information content (AvgIpc) is 2.59. The van der Waals surface area contributed by atoms with E-state index in [0.717, 1.165) is 16.1 Å². The van der Waals surface area contributed by atoms with Crippen LogP contribution in [0.4, 0.5) is 5.69 Å². The summed E-state index contributed by atoms with van der Waals surface area (Å²) < 4.78 is 25.3. The maximum absolute atomic E-state index is 12.2. The lowest BCUT2D eigenvalue weighted by molar-refractivity contribution is -0.119. The summed E-state index contributed by atoms with van der Waals surface area (Å²) >= 11 is 5.97. The Morgan fingerprint density at radius 3 is 2.46 bits per heavy atom. The number of anilines is 1. The van der Waals surface area contributed by atoms with E-state index in [0.29, 0.717) is 22.0 Å². The summed E-state index contributed by atoms with van der Waals surface area (Å²) in [6.07, 6.45) is 1.04. The van der Waals surface area contributed by atoms with Crippen molar-refractivity contribution in [2.45, 2.75) is 13.8 Å². The van der Waals surface area contributed by atoms with Crippen LogP contribution in [0.25, 0.3) is 0 Å². The number of carbonyl (C=O) groups excluding carboxylic acids is 1. The molecule has 0 fully saturated rings. The van der Waals surface area contributed by atoms with Crippen LogP contribution >= 0.6 is 11.6 Å². The molecule has 2 rings (SSSR count). The molecule has 2 aromatic carbocycles. The van der Waals surface area contributed by atoms with Crippen molar-refractivity contribution in [1.29, 1.82) is 0 Å². The van der Waals surface area contributed by atoms with E-state index in [1.54, 1.807) is 26.0 Å². The van der Waals surface area contributed by atoms with Gasteiger partial charge in [0.2, 0.25) is 10.0 Å². The van der Waals surface area contributed by atoms with Crippen molar-refractivity contribution in [3.63, 3.8) is 0 Å². The predicted octanol–water partition coefficient (Wildman–Crippen LogP) is 2.95. The fourth-order valence-corrected chi connectivity index (χ4v) is 3.36. The van der Waals surface area contributed by atoms with E-state index in [9.17, 15) is 13.2 Å². The van der Waals surface area contributed by atoms with Gasteiger partial charge in [-0.25, -0.2) is 13.8 Å². The molecule has 0 radical (unpaired) electrons. The molecule has 26 heavy (non-hydrogen) atoms. The minimum Gasteiger partial charge on any atom is -0.271 e. The topological polar surface area (TPSA) is 78.8 Å². The highest BCUT2D eigenvalue weighted by Gasteiger charge is 2.22. The number of carbonyl (C=O) groups is 1. The zero-order chi connectivity index (χ0) is 19.3. The normalized spacial score (nSPS) is 11.9. The van der Waals surface area contributed by atoms with Crippen LogP contribution in [-0.4, -0.2) is 32.8 Å². The van der Waals surface area contributed by atoms with Gasteiger partial charge in [-0.3, -0.25) is 9.10 Å². The second kappa shape index (κ2) is 8.33. The van der Waals surface area contributed by atoms with Crippen LogP contribution in [-0.2, 0) is 14.8 Å². The van der Waals surface area contributed by atoms with Gasteiger partial charge in [-0.2, -0.15) is 5.10 Å². The molecular weight excluding hydrogens is 374 g/mol. The van der Waals surface area contributed by atoms with Gasteiger partial charge in [-0.1, -0.05) is 48.0 Å². The SMILES string of the molecule is C/C(=N/NC(=O)CN(c1cc(Cl)ccc1C)S(C)(=O)=O)c1ccccc1. The Morgan fingerprint density at radius 1 is 1.19 bits per heavy atom. The lowest BCUT2D eigenvalue weighted by atomic mass is 10.1. The number of nitrogens with zero attached hydrogens (tertiary/aromatic N) is 2. The molecule has 0 aliphatic carbocycles. The number of hydrazone groups is 1. The Bertz CT molecular complexity index is 928. The second-order valence-electron chi connectivity index (χ2n) is 5.80. The molecule has 1 N–H and O–H groups in total. The van der Waals surface area contributed by atoms with Gasteiger partial charge in [0.25, 0.3) is 5.91 Å². The smallest absolute Gasteiger partial charge is 0.260 e. The molecule has 1 amide bonds. The van der Waals surface area contributed by atoms with Crippen molar-refractivity contribution >= 4 is 38.9 Å². The summed E-state index contributed by atoms with van der Waals surface area (Å²) in [6.45, 7) is 3.11. The fourth-order valence-electron chi connectivity index (χ4n) is 2.29. The molecule has 0 heterocycles. The Kier molecular flexibility index (Phi) is 6.39. The zero-order valence-corrected chi connectivity index (χ0v) is 16.3. The minimum absolute atomic E-state index is 0.360. The van der Waals surface area contributed by atoms with Crippen LogP contribution in [0.5, 0.6) is 0 Å². The standard InChI is InChI=1S/C18H20ClN3O3S/c1-13-9-10-16(19)11-17(13)22(26(3,24)25)12-18(23)21-20-14(2)15-7-5-4-6-8-15/h4-11H,12H2,1-3H3,(H,21,23)/b20-14-. The van der Waals surface area contributed by atoms with Gasteiger partial charge in [0, 0.05) is 5.02 Å². The lowest BCUT2D eigenvalue weighted by Gasteiger charge is -2.23. The van der Waals surface area contributed by atoms with Crippen molar-refractivity contribution < 1.29 is 13.2 Å². The molecule has 0 bridgehead atoms. The number of nitrogens with one attached hydrogen (secondary N) is 1.